The van der Waals surface area contributed by atoms with Crippen LogP contribution in [-0.4, -0.2) is 11.9 Å². The zero-order chi connectivity index (χ0) is 18.2. The number of hydrogen-bond donors (Lipinski definition) is 1. The molecule has 0 atom stereocenters. The van der Waals surface area contributed by atoms with Crippen molar-refractivity contribution in [2.24, 2.45) is 0 Å². The minimum Gasteiger partial charge on any atom is -0.488 e. The maximum absolute atomic E-state index is 12.1. The smallest absolute Gasteiger partial charge is 0.262 e. The third-order valence-electron chi connectivity index (χ3n) is 3.31. The van der Waals surface area contributed by atoms with Crippen molar-refractivity contribution >= 4 is 23.6 Å². The summed E-state index contributed by atoms with van der Waals surface area (Å²) >= 11 is 5.88. The van der Waals surface area contributed by atoms with Gasteiger partial charge in [-0.05, 0) is 43.7 Å². The highest BCUT2D eigenvalue weighted by Crippen LogP contribution is 2.22. The third kappa shape index (κ3) is 5.66. The Morgan fingerprint density at radius 2 is 1.92 bits per heavy atom. The second kappa shape index (κ2) is 8.91. The van der Waals surface area contributed by atoms with E-state index in [1.165, 1.54) is 6.08 Å². The van der Waals surface area contributed by atoms with Crippen LogP contribution >= 0.6 is 11.6 Å². The molecule has 2 rings (SSSR count). The first-order valence-corrected chi connectivity index (χ1v) is 8.26. The molecule has 0 bridgehead atoms. The van der Waals surface area contributed by atoms with E-state index in [4.69, 9.17) is 16.3 Å². The topological polar surface area (TPSA) is 62.1 Å². The Morgan fingerprint density at radius 3 is 2.56 bits per heavy atom. The van der Waals surface area contributed by atoms with Crippen molar-refractivity contribution in [2.45, 2.75) is 26.5 Å². The lowest BCUT2D eigenvalue weighted by Gasteiger charge is -2.11. The van der Waals surface area contributed by atoms with Gasteiger partial charge in [0.1, 0.15) is 24.0 Å². The molecule has 0 saturated carbocycles. The van der Waals surface area contributed by atoms with Gasteiger partial charge in [0.05, 0.1) is 0 Å². The first-order valence-electron chi connectivity index (χ1n) is 7.88. The van der Waals surface area contributed by atoms with E-state index in [-0.39, 0.29) is 11.6 Å². The molecule has 0 aliphatic rings. The molecule has 0 fully saturated rings. The number of rotatable bonds is 6. The van der Waals surface area contributed by atoms with Crippen molar-refractivity contribution in [1.82, 2.24) is 5.32 Å². The zero-order valence-electron chi connectivity index (χ0n) is 14.1. The fourth-order valence-corrected chi connectivity index (χ4v) is 2.24. The second-order valence-corrected chi connectivity index (χ2v) is 6.19. The number of benzene rings is 2. The van der Waals surface area contributed by atoms with Gasteiger partial charge in [0.25, 0.3) is 5.91 Å². The highest BCUT2D eigenvalue weighted by Gasteiger charge is 2.11. The highest BCUT2D eigenvalue weighted by atomic mass is 35.5. The van der Waals surface area contributed by atoms with Crippen molar-refractivity contribution in [3.8, 4) is 11.8 Å². The van der Waals surface area contributed by atoms with Gasteiger partial charge in [-0.15, -0.1) is 0 Å². The summed E-state index contributed by atoms with van der Waals surface area (Å²) in [4.78, 5) is 12.1. The fraction of sp³-hybridized carbons (Fsp3) is 0.200. The van der Waals surface area contributed by atoms with Gasteiger partial charge in [-0.1, -0.05) is 41.9 Å². The minimum absolute atomic E-state index is 0.0382. The Morgan fingerprint density at radius 1 is 1.24 bits per heavy atom. The van der Waals surface area contributed by atoms with E-state index in [2.05, 4.69) is 5.32 Å². The van der Waals surface area contributed by atoms with Gasteiger partial charge in [-0.25, -0.2) is 0 Å². The number of ether oxygens (including phenoxy) is 1. The summed E-state index contributed by atoms with van der Waals surface area (Å²) in [5.41, 5.74) is 1.68. The van der Waals surface area contributed by atoms with Gasteiger partial charge in [0.2, 0.25) is 0 Å². The Hall–Kier alpha value is -2.77. The standard InChI is InChI=1S/C20H19ClN2O2/c1-14(2)23-20(24)17(12-22)11-16-5-3-4-6-19(16)25-13-15-7-9-18(21)10-8-15/h3-11,14H,13H2,1-2H3,(H,23,24)/b17-11-. The molecule has 0 aliphatic carbocycles. The van der Waals surface area contributed by atoms with Crippen LogP contribution in [0.1, 0.15) is 25.0 Å². The van der Waals surface area contributed by atoms with Crippen LogP contribution in [0.5, 0.6) is 5.75 Å². The molecule has 0 unspecified atom stereocenters. The molecule has 0 aromatic heterocycles. The molecule has 0 radical (unpaired) electrons. The van der Waals surface area contributed by atoms with Gasteiger partial charge in [-0.2, -0.15) is 5.26 Å². The molecule has 0 saturated heterocycles. The normalized spacial score (nSPS) is 11.1. The molecule has 128 valence electrons. The number of para-hydroxylation sites is 1. The van der Waals surface area contributed by atoms with Gasteiger partial charge in [0, 0.05) is 16.6 Å². The highest BCUT2D eigenvalue weighted by molar-refractivity contribution is 6.30. The molecule has 1 amide bonds. The summed E-state index contributed by atoms with van der Waals surface area (Å²) < 4.78 is 5.84. The molecule has 0 heterocycles. The Balaban J connectivity index is 2.19. The summed E-state index contributed by atoms with van der Waals surface area (Å²) in [5, 5.41) is 12.6. The summed E-state index contributed by atoms with van der Waals surface area (Å²) in [6.45, 7) is 4.05. The summed E-state index contributed by atoms with van der Waals surface area (Å²) in [7, 11) is 0. The number of halogens is 1. The quantitative estimate of drug-likeness (QED) is 0.619. The average molecular weight is 355 g/mol. The lowest BCUT2D eigenvalue weighted by atomic mass is 10.1. The molecular weight excluding hydrogens is 336 g/mol. The second-order valence-electron chi connectivity index (χ2n) is 5.75. The minimum atomic E-state index is -0.398. The molecule has 25 heavy (non-hydrogen) atoms. The number of carbonyl (C=O) groups is 1. The lowest BCUT2D eigenvalue weighted by molar-refractivity contribution is -0.117. The van der Waals surface area contributed by atoms with Crippen LogP contribution in [0.3, 0.4) is 0 Å². The number of carbonyl (C=O) groups excluding carboxylic acids is 1. The zero-order valence-corrected chi connectivity index (χ0v) is 14.9. The molecule has 2 aromatic carbocycles. The molecule has 4 nitrogen and oxygen atoms in total. The number of nitrogens with zero attached hydrogens (tertiary/aromatic N) is 1. The largest absolute Gasteiger partial charge is 0.488 e. The Bertz CT molecular complexity index is 805. The van der Waals surface area contributed by atoms with Crippen LogP contribution in [0.2, 0.25) is 5.02 Å². The molecule has 5 heteroatoms. The lowest BCUT2D eigenvalue weighted by Crippen LogP contribution is -2.30. The predicted octanol–water partition coefficient (Wildman–Crippen LogP) is 4.35. The molecule has 0 spiro atoms. The summed E-state index contributed by atoms with van der Waals surface area (Å²) in [6, 6.07) is 16.6. The predicted molar refractivity (Wildman–Crippen MR) is 99.1 cm³/mol. The van der Waals surface area contributed by atoms with Gasteiger partial charge >= 0.3 is 0 Å². The van der Waals surface area contributed by atoms with Crippen LogP contribution in [-0.2, 0) is 11.4 Å². The van der Waals surface area contributed by atoms with Crippen LogP contribution in [0, 0.1) is 11.3 Å². The first-order chi connectivity index (χ1) is 12.0. The van der Waals surface area contributed by atoms with E-state index in [9.17, 15) is 10.1 Å². The number of amides is 1. The SMILES string of the molecule is CC(C)NC(=O)/C(C#N)=C\c1ccccc1OCc1ccc(Cl)cc1. The number of hydrogen-bond acceptors (Lipinski definition) is 3. The van der Waals surface area contributed by atoms with E-state index in [1.54, 1.807) is 24.3 Å². The van der Waals surface area contributed by atoms with E-state index >= 15 is 0 Å². The average Bonchev–Trinajstić information content (AvgIpc) is 2.59. The first kappa shape index (κ1) is 18.6. The third-order valence-corrected chi connectivity index (χ3v) is 3.56. The monoisotopic (exact) mass is 354 g/mol. The van der Waals surface area contributed by atoms with E-state index in [0.29, 0.717) is 22.9 Å². The Labute approximate surface area is 152 Å². The van der Waals surface area contributed by atoms with Gasteiger partial charge < -0.3 is 10.1 Å². The van der Waals surface area contributed by atoms with E-state index < -0.39 is 5.91 Å². The molecule has 2 aromatic rings. The van der Waals surface area contributed by atoms with Crippen LogP contribution in [0.25, 0.3) is 6.08 Å². The van der Waals surface area contributed by atoms with Crippen LogP contribution < -0.4 is 10.1 Å². The van der Waals surface area contributed by atoms with Crippen LogP contribution in [0.4, 0.5) is 0 Å². The van der Waals surface area contributed by atoms with E-state index in [1.807, 2.05) is 44.2 Å². The van der Waals surface area contributed by atoms with Gasteiger partial charge in [-0.3, -0.25) is 4.79 Å². The molecule has 1 N–H and O–H groups in total. The van der Waals surface area contributed by atoms with Crippen molar-refractivity contribution in [2.75, 3.05) is 0 Å². The maximum Gasteiger partial charge on any atom is 0.262 e. The number of nitrogens with one attached hydrogen (secondary N) is 1. The van der Waals surface area contributed by atoms with E-state index in [0.717, 1.165) is 5.56 Å². The maximum atomic E-state index is 12.1. The fourth-order valence-electron chi connectivity index (χ4n) is 2.12. The molecular formula is C20H19ClN2O2. The summed E-state index contributed by atoms with van der Waals surface area (Å²) in [6.07, 6.45) is 1.54. The summed E-state index contributed by atoms with van der Waals surface area (Å²) in [5.74, 6) is 0.201. The van der Waals surface area contributed by atoms with Crippen molar-refractivity contribution in [3.63, 3.8) is 0 Å². The number of nitriles is 1. The van der Waals surface area contributed by atoms with Crippen molar-refractivity contribution < 1.29 is 9.53 Å². The van der Waals surface area contributed by atoms with Crippen molar-refractivity contribution in [3.05, 3.63) is 70.3 Å². The van der Waals surface area contributed by atoms with Crippen LogP contribution in [0.15, 0.2) is 54.1 Å². The van der Waals surface area contributed by atoms with Crippen molar-refractivity contribution in [1.29, 1.82) is 5.26 Å². The molecule has 0 aliphatic heterocycles. The Kier molecular flexibility index (Phi) is 6.62. The van der Waals surface area contributed by atoms with Gasteiger partial charge in [0.15, 0.2) is 0 Å².